The van der Waals surface area contributed by atoms with E-state index in [1.165, 1.54) is 132 Å². The summed E-state index contributed by atoms with van der Waals surface area (Å²) in [4.78, 5) is 64.9. The zero-order valence-corrected chi connectivity index (χ0v) is 74.9. The van der Waals surface area contributed by atoms with Gasteiger partial charge >= 0.3 is 0 Å². The van der Waals surface area contributed by atoms with Crippen molar-refractivity contribution in [1.29, 1.82) is 0 Å². The molecule has 126 heavy (non-hydrogen) atoms. The lowest BCUT2D eigenvalue weighted by atomic mass is 10.0. The lowest BCUT2D eigenvalue weighted by molar-refractivity contribution is 0.420. The minimum Gasteiger partial charge on any atom is -0.506 e. The molecule has 0 fully saturated rings. The molecule has 31 nitrogen and oxygen atoms in total. The fourth-order valence-electron chi connectivity index (χ4n) is 11.9. The van der Waals surface area contributed by atoms with Gasteiger partial charge < -0.3 is 69.6 Å². The number of rotatable bonds is 12. The van der Waals surface area contributed by atoms with Crippen LogP contribution in [0, 0.1) is 41.5 Å². The quantitative estimate of drug-likeness (QED) is 0.0540. The van der Waals surface area contributed by atoms with E-state index >= 15 is 0 Å². The molecule has 0 saturated carbocycles. The van der Waals surface area contributed by atoms with Crippen molar-refractivity contribution in [3.8, 4) is 168 Å². The number of benzene rings is 6. The Balaban J connectivity index is 0.000000130. The average molecular weight is 1900 g/mol. The lowest BCUT2D eigenvalue weighted by Gasteiger charge is -2.10. The Kier molecular flexibility index (Phi) is 28.6. The third-order valence-corrected chi connectivity index (χ3v) is 23.7. The molecule has 0 aliphatic rings. The van der Waals surface area contributed by atoms with Gasteiger partial charge in [0.15, 0.2) is 0 Å². The zero-order valence-electron chi connectivity index (χ0n) is 66.2. The molecular formula is C84H66Cl6N24O7S5. The Bertz CT molecular complexity index is 6860. The number of aryl methyl sites for hydroxylation is 6. The van der Waals surface area contributed by atoms with E-state index in [9.17, 15) is 30.6 Å². The molecule has 18 rings (SSSR count). The van der Waals surface area contributed by atoms with Gasteiger partial charge in [0, 0.05) is 71.4 Å². The molecule has 0 unspecified atom stereocenters. The molecule has 0 atom stereocenters. The van der Waals surface area contributed by atoms with Crippen molar-refractivity contribution < 1.29 is 35.2 Å². The third kappa shape index (κ3) is 21.5. The van der Waals surface area contributed by atoms with Crippen LogP contribution in [0.1, 0.15) is 31.2 Å². The van der Waals surface area contributed by atoms with E-state index in [1.54, 1.807) is 103 Å². The van der Waals surface area contributed by atoms with Crippen LogP contribution in [0.4, 0.5) is 34.9 Å². The maximum Gasteiger partial charge on any atom is 0.142 e. The third-order valence-electron chi connectivity index (χ3n) is 17.7. The molecule has 18 aromatic rings. The summed E-state index contributed by atoms with van der Waals surface area (Å²) in [5, 5.41) is 66.1. The average Bonchev–Trinajstić information content (AvgIpc) is 1.52. The van der Waals surface area contributed by atoms with Crippen LogP contribution in [0.15, 0.2) is 187 Å². The molecule has 0 amide bonds. The van der Waals surface area contributed by atoms with Crippen molar-refractivity contribution in [2.45, 2.75) is 41.5 Å². The molecule has 12 heterocycles. The SMILES string of the molecule is Cc1nc(C)c(-c2nc(N)cnc2-c2ccc(O)c(Cl)c2)s1.Cc1ncc(-c2nc(N)cnc2-c2ccc(O)c(Cl)c2)s1.Cc1nsc(C)c1-c1nc(N)cnc1-c1ccc(O)c(Cl)c1.Cc1sncc1-c1nc(N)cnc1-c1ccc(O)c(Cl)c1.Nc1cnc(-c2ccc(O)c(Cl)c2)c(-c2cnoc2)n1.Nc1cnc(-c2ccc(O)c(Cl)c2)c(-c2cnsc2)n1. The molecule has 0 radical (unpaired) electrons. The van der Waals surface area contributed by atoms with E-state index in [-0.39, 0.29) is 70.5 Å². The van der Waals surface area contributed by atoms with Crippen molar-refractivity contribution in [2.75, 3.05) is 34.4 Å². The molecule has 0 spiro atoms. The maximum absolute atomic E-state index is 9.58. The van der Waals surface area contributed by atoms with E-state index in [1.807, 2.05) is 46.9 Å². The van der Waals surface area contributed by atoms with E-state index in [0.717, 1.165) is 85.4 Å². The normalized spacial score (nSPS) is 10.8. The highest BCUT2D eigenvalue weighted by Gasteiger charge is 2.24. The van der Waals surface area contributed by atoms with E-state index in [0.29, 0.717) is 109 Å². The minimum absolute atomic E-state index is 0.00495. The van der Waals surface area contributed by atoms with Crippen LogP contribution in [0.5, 0.6) is 34.5 Å². The van der Waals surface area contributed by atoms with Crippen molar-refractivity contribution >= 4 is 162 Å². The van der Waals surface area contributed by atoms with Crippen LogP contribution in [0.3, 0.4) is 0 Å². The Morgan fingerprint density at radius 2 is 0.675 bits per heavy atom. The summed E-state index contributed by atoms with van der Waals surface area (Å²) in [7, 11) is 0. The van der Waals surface area contributed by atoms with Gasteiger partial charge in [-0.3, -0.25) is 29.9 Å². The van der Waals surface area contributed by atoms with Gasteiger partial charge in [-0.2, -0.15) is 4.37 Å². The van der Waals surface area contributed by atoms with Crippen molar-refractivity contribution in [1.82, 2.24) is 88.1 Å². The predicted octanol–water partition coefficient (Wildman–Crippen LogP) is 20.6. The Morgan fingerprint density at radius 1 is 0.310 bits per heavy atom. The molecule has 0 saturated heterocycles. The monoisotopic (exact) mass is 1890 g/mol. The number of anilines is 6. The second kappa shape index (κ2) is 40.0. The fraction of sp³-hybridized carbons (Fsp3) is 0.0714. The van der Waals surface area contributed by atoms with Gasteiger partial charge in [-0.15, -0.1) is 22.7 Å². The van der Waals surface area contributed by atoms with E-state index in [2.05, 4.69) is 88.1 Å². The van der Waals surface area contributed by atoms with Crippen LogP contribution in [0.2, 0.25) is 30.1 Å². The number of thiazole rings is 2. The van der Waals surface area contributed by atoms with Gasteiger partial charge in [0.25, 0.3) is 0 Å². The molecule has 18 N–H and O–H groups in total. The Labute approximate surface area is 767 Å². The van der Waals surface area contributed by atoms with Crippen LogP contribution in [0.25, 0.3) is 134 Å². The number of phenols is 6. The number of nitrogens with zero attached hydrogens (tertiary/aromatic N) is 18. The molecule has 42 heteroatoms. The number of halogens is 6. The van der Waals surface area contributed by atoms with Crippen LogP contribution in [-0.4, -0.2) is 119 Å². The van der Waals surface area contributed by atoms with Crippen molar-refractivity contribution in [3.05, 3.63) is 244 Å². The Morgan fingerprint density at radius 3 is 1.01 bits per heavy atom. The first-order valence-electron chi connectivity index (χ1n) is 36.5. The highest BCUT2D eigenvalue weighted by molar-refractivity contribution is 7.15. The largest absolute Gasteiger partial charge is 0.506 e. The number of nitrogen functional groups attached to an aromatic ring is 6. The van der Waals surface area contributed by atoms with Crippen molar-refractivity contribution in [2.24, 2.45) is 0 Å². The molecule has 12 aromatic heterocycles. The number of aromatic hydroxyl groups is 6. The maximum atomic E-state index is 9.58. The summed E-state index contributed by atoms with van der Waals surface area (Å²) in [5.41, 5.74) is 51.7. The van der Waals surface area contributed by atoms with Gasteiger partial charge in [0.2, 0.25) is 0 Å². The van der Waals surface area contributed by atoms with Crippen LogP contribution >= 0.6 is 127 Å². The van der Waals surface area contributed by atoms with Crippen LogP contribution in [-0.2, 0) is 0 Å². The highest BCUT2D eigenvalue weighted by atomic mass is 35.5. The van der Waals surface area contributed by atoms with E-state index < -0.39 is 0 Å². The predicted molar refractivity (Wildman–Crippen MR) is 501 cm³/mol. The first kappa shape index (κ1) is 90.2. The molecule has 6 aromatic carbocycles. The summed E-state index contributed by atoms with van der Waals surface area (Å²) >= 11 is 43.0. The van der Waals surface area contributed by atoms with Gasteiger partial charge in [-0.1, -0.05) is 74.8 Å². The molecular weight excluding hydrogens is 1830 g/mol. The number of hydrogen-bond acceptors (Lipinski definition) is 36. The topological polar surface area (TPSA) is 523 Å². The first-order chi connectivity index (χ1) is 60.3. The lowest BCUT2D eigenvalue weighted by Crippen LogP contribution is -1.99. The summed E-state index contributed by atoms with van der Waals surface area (Å²) in [5.74, 6) is 2.12. The number of hydrogen-bond donors (Lipinski definition) is 12. The smallest absolute Gasteiger partial charge is 0.142 e. The van der Waals surface area contributed by atoms with Gasteiger partial charge in [-0.25, -0.2) is 48.6 Å². The van der Waals surface area contributed by atoms with Crippen molar-refractivity contribution in [3.63, 3.8) is 0 Å². The highest BCUT2D eigenvalue weighted by Crippen LogP contribution is 2.44. The first-order valence-corrected chi connectivity index (χ1v) is 42.8. The molecule has 0 aliphatic carbocycles. The number of phenolic OH excluding ortho intramolecular Hbond substituents is 6. The van der Waals surface area contributed by atoms with Gasteiger partial charge in [-0.05, 0) is 185 Å². The second-order valence-corrected chi connectivity index (χ2v) is 34.2. The number of nitrogens with two attached hydrogens (primary N) is 6. The van der Waals surface area contributed by atoms with Crippen LogP contribution < -0.4 is 34.4 Å². The summed E-state index contributed by atoms with van der Waals surface area (Å²) in [6.07, 6.45) is 17.1. The summed E-state index contributed by atoms with van der Waals surface area (Å²) < 4.78 is 17.4. The second-order valence-electron chi connectivity index (χ2n) is 26.7. The Hall–Kier alpha value is -13.5. The summed E-state index contributed by atoms with van der Waals surface area (Å²) in [6.45, 7) is 11.7. The van der Waals surface area contributed by atoms with Gasteiger partial charge in [0.05, 0.1) is 157 Å². The summed E-state index contributed by atoms with van der Waals surface area (Å²) in [6, 6.07) is 29.4. The molecule has 0 aliphatic heterocycles. The molecule has 0 bridgehead atoms. The zero-order chi connectivity index (χ0) is 89.9. The van der Waals surface area contributed by atoms with E-state index in [4.69, 9.17) is 109 Å². The number of aromatic nitrogens is 18. The molecule has 636 valence electrons. The van der Waals surface area contributed by atoms with Gasteiger partial charge in [0.1, 0.15) is 110 Å². The fourth-order valence-corrected chi connectivity index (χ4v) is 16.5. The standard InChI is InChI=1S/2C15H13ClN4OS.2C14H11ClN4OS.C13H9ClN4O2.C13H9ClN4OS/c1-7-15(22-8(2)19-7)14-13(18-6-12(17)20-14)9-3-4-11(21)10(16)5-9;1-7-13(8(2)22-20-7)15-14(18-6-12(17)19-15)9-3-4-11(21)10(16)5-9;1-7-9(5-18-21-7)14-13(17-6-12(16)19-14)8-2-3-11(20)10(15)4-8;1-7-17-5-11(21-7)14-13(18-6-12(16)19-14)8-2-3-10(20)9(15)4-8;2*14-9-3-7(1-2-10(9)19)12-13(8-4-17-20-6-8)18-11(15)5-16-12/h3-6,21H,1-2H3,(H2,17,20);3-6,21H,1-2H3,(H2,17,19);2*2-6,20H,1H3,(H2,16,19);2*1-6,19H,(H2,15,18). The minimum atomic E-state index is 0.00495.